The van der Waals surface area contributed by atoms with Crippen LogP contribution < -0.4 is 0 Å². The molecule has 5 rings (SSSR count). The normalized spacial score (nSPS) is 40.4. The van der Waals surface area contributed by atoms with Crippen LogP contribution >= 0.6 is 0 Å². The maximum Gasteiger partial charge on any atom is 0.180 e. The van der Waals surface area contributed by atoms with E-state index in [2.05, 4.69) is 6.92 Å². The summed E-state index contributed by atoms with van der Waals surface area (Å²) in [5, 5.41) is 44.0. The van der Waals surface area contributed by atoms with Gasteiger partial charge in [-0.05, 0) is 61.5 Å². The number of fused-ring (bicyclic) bond motifs is 4. The van der Waals surface area contributed by atoms with Crippen molar-refractivity contribution in [1.29, 1.82) is 0 Å². The molecule has 4 aliphatic rings. The highest BCUT2D eigenvalue weighted by Gasteiger charge is 2.64. The Labute approximate surface area is 214 Å². The van der Waals surface area contributed by atoms with E-state index < -0.39 is 28.7 Å². The molecule has 4 N–H and O–H groups in total. The van der Waals surface area contributed by atoms with Gasteiger partial charge in [0.15, 0.2) is 12.1 Å². The van der Waals surface area contributed by atoms with Gasteiger partial charge in [-0.25, -0.2) is 0 Å². The van der Waals surface area contributed by atoms with Gasteiger partial charge < -0.3 is 34.6 Å². The zero-order chi connectivity index (χ0) is 25.9. The molecule has 0 aromatic heterocycles. The third-order valence-electron chi connectivity index (χ3n) is 10.6. The number of rotatable bonds is 6. The second-order valence-electron chi connectivity index (χ2n) is 11.9. The number of hydrogen-bond acceptors (Lipinski definition) is 7. The summed E-state index contributed by atoms with van der Waals surface area (Å²) in [6.07, 6.45) is 4.45. The monoisotopic (exact) mass is 502 g/mol. The molecule has 0 radical (unpaired) electrons. The van der Waals surface area contributed by atoms with Crippen molar-refractivity contribution in [2.24, 2.45) is 17.3 Å². The molecule has 0 bridgehead atoms. The maximum absolute atomic E-state index is 12.0. The zero-order valence-electron chi connectivity index (χ0n) is 22.0. The van der Waals surface area contributed by atoms with Crippen LogP contribution in [0.15, 0.2) is 35.4 Å². The van der Waals surface area contributed by atoms with Crippen LogP contribution in [-0.4, -0.2) is 65.4 Å². The van der Waals surface area contributed by atoms with Crippen molar-refractivity contribution in [2.75, 3.05) is 27.9 Å². The van der Waals surface area contributed by atoms with Crippen LogP contribution in [-0.2, 0) is 14.2 Å². The predicted octanol–water partition coefficient (Wildman–Crippen LogP) is 3.56. The van der Waals surface area contributed by atoms with Crippen molar-refractivity contribution in [1.82, 2.24) is 0 Å². The van der Waals surface area contributed by atoms with Crippen molar-refractivity contribution in [3.05, 3.63) is 46.5 Å². The zero-order valence-corrected chi connectivity index (χ0v) is 22.0. The fraction of sp³-hybridized carbons (Fsp3) is 0.724. The molecular weight excluding hydrogens is 460 g/mol. The maximum atomic E-state index is 12.0. The van der Waals surface area contributed by atoms with Gasteiger partial charge in [-0.15, -0.1) is 0 Å². The van der Waals surface area contributed by atoms with Crippen molar-refractivity contribution in [3.63, 3.8) is 0 Å². The minimum Gasteiger partial charge on any atom is -0.393 e. The first-order valence-corrected chi connectivity index (χ1v) is 13.3. The summed E-state index contributed by atoms with van der Waals surface area (Å²) in [5.74, 6) is -0.289. The Kier molecular flexibility index (Phi) is 6.69. The fourth-order valence-corrected chi connectivity index (χ4v) is 8.38. The summed E-state index contributed by atoms with van der Waals surface area (Å²) in [5.41, 5.74) is 1.69. The van der Waals surface area contributed by atoms with E-state index in [1.54, 1.807) is 14.2 Å². The Hall–Kier alpha value is -1.32. The molecule has 0 saturated heterocycles. The second kappa shape index (κ2) is 9.16. The van der Waals surface area contributed by atoms with Crippen LogP contribution in [0, 0.1) is 17.3 Å². The first kappa shape index (κ1) is 26.3. The number of methoxy groups -OCH3 is 3. The van der Waals surface area contributed by atoms with E-state index in [1.165, 1.54) is 12.7 Å². The first-order valence-electron chi connectivity index (χ1n) is 13.3. The van der Waals surface area contributed by atoms with E-state index in [0.29, 0.717) is 44.1 Å². The highest BCUT2D eigenvalue weighted by atomic mass is 16.7. The summed E-state index contributed by atoms with van der Waals surface area (Å²) in [4.78, 5) is 0. The molecule has 0 heterocycles. The van der Waals surface area contributed by atoms with Crippen molar-refractivity contribution in [3.8, 4) is 0 Å². The van der Waals surface area contributed by atoms with Crippen LogP contribution in [0.25, 0.3) is 0 Å². The Morgan fingerprint density at radius 1 is 1.00 bits per heavy atom. The molecule has 4 aliphatic carbocycles. The molecule has 1 unspecified atom stereocenters. The van der Waals surface area contributed by atoms with Gasteiger partial charge in [-0.3, -0.25) is 0 Å². The van der Waals surface area contributed by atoms with Crippen LogP contribution in [0.4, 0.5) is 0 Å². The van der Waals surface area contributed by atoms with Gasteiger partial charge in [-0.2, -0.15) is 0 Å². The average molecular weight is 503 g/mol. The second-order valence-corrected chi connectivity index (χ2v) is 11.9. The van der Waals surface area contributed by atoms with Gasteiger partial charge in [0.2, 0.25) is 0 Å². The van der Waals surface area contributed by atoms with E-state index >= 15 is 0 Å². The quantitative estimate of drug-likeness (QED) is 0.348. The minimum atomic E-state index is -1.11. The summed E-state index contributed by atoms with van der Waals surface area (Å²) in [6, 6.07) is 7.85. The van der Waals surface area contributed by atoms with Crippen molar-refractivity contribution < 1.29 is 34.6 Å². The smallest absolute Gasteiger partial charge is 0.180 e. The lowest BCUT2D eigenvalue weighted by molar-refractivity contribution is -0.246. The lowest BCUT2D eigenvalue weighted by Gasteiger charge is -2.57. The van der Waals surface area contributed by atoms with Gasteiger partial charge >= 0.3 is 0 Å². The number of hydrogen-bond donors (Lipinski definition) is 4. The highest BCUT2D eigenvalue weighted by Crippen LogP contribution is 2.67. The van der Waals surface area contributed by atoms with Crippen LogP contribution in [0.1, 0.15) is 81.6 Å². The largest absolute Gasteiger partial charge is 0.393 e. The molecule has 1 aromatic rings. The summed E-state index contributed by atoms with van der Waals surface area (Å²) in [6.45, 7) is 1.92. The van der Waals surface area contributed by atoms with Gasteiger partial charge in [0.1, 0.15) is 0 Å². The molecular formula is C29H42O7. The number of benzene rings is 1. The molecule has 0 amide bonds. The van der Waals surface area contributed by atoms with Gasteiger partial charge in [-0.1, -0.05) is 36.8 Å². The number of ether oxygens (including phenoxy) is 3. The Morgan fingerprint density at radius 3 is 2.31 bits per heavy atom. The van der Waals surface area contributed by atoms with E-state index in [4.69, 9.17) is 14.2 Å². The van der Waals surface area contributed by atoms with Gasteiger partial charge in [0, 0.05) is 51.1 Å². The molecule has 0 aliphatic heterocycles. The minimum absolute atomic E-state index is 0.000535. The van der Waals surface area contributed by atoms with E-state index in [1.807, 2.05) is 24.3 Å². The van der Waals surface area contributed by atoms with Crippen LogP contribution in [0.5, 0.6) is 0 Å². The van der Waals surface area contributed by atoms with Gasteiger partial charge in [0.25, 0.3) is 0 Å². The summed E-state index contributed by atoms with van der Waals surface area (Å²) in [7, 11) is 4.77. The summed E-state index contributed by atoms with van der Waals surface area (Å²) >= 11 is 0. The lowest BCUT2D eigenvalue weighted by atomic mass is 9.49. The van der Waals surface area contributed by atoms with E-state index in [9.17, 15) is 20.4 Å². The molecule has 1 aromatic carbocycles. The van der Waals surface area contributed by atoms with Gasteiger partial charge in [0.05, 0.1) is 17.8 Å². The standard InChI is InChI=1S/C29H42O7/c1-26-15-21(18-5-7-19(8-6-18)25(31)34-2)24-20(22(26)10-13-28(26,33)17-30)9-12-27(32)16-29(35-3,36-4)14-11-23(24)27/h5-8,20-22,25,30-33H,9-17H2,1-4H3/t20-,21+,22-,25?,26-,27+,28+/m0/s1. The Bertz CT molecular complexity index is 1000. The average Bonchev–Trinajstić information content (AvgIpc) is 3.17. The fourth-order valence-electron chi connectivity index (χ4n) is 8.38. The van der Waals surface area contributed by atoms with Crippen LogP contribution in [0.3, 0.4) is 0 Å². The molecule has 3 saturated carbocycles. The predicted molar refractivity (Wildman–Crippen MR) is 134 cm³/mol. The lowest BCUT2D eigenvalue weighted by Crippen LogP contribution is -2.56. The topological polar surface area (TPSA) is 109 Å². The Balaban J connectivity index is 1.63. The third-order valence-corrected chi connectivity index (χ3v) is 10.6. The molecule has 7 heteroatoms. The molecule has 36 heavy (non-hydrogen) atoms. The first-order chi connectivity index (χ1) is 17.1. The highest BCUT2D eigenvalue weighted by molar-refractivity contribution is 5.44. The molecule has 3 fully saturated rings. The van der Waals surface area contributed by atoms with E-state index in [0.717, 1.165) is 24.0 Å². The molecule has 7 atom stereocenters. The Morgan fingerprint density at radius 2 is 1.69 bits per heavy atom. The van der Waals surface area contributed by atoms with E-state index in [-0.39, 0.29) is 24.4 Å². The number of aliphatic hydroxyl groups excluding tert-OH is 2. The van der Waals surface area contributed by atoms with Crippen molar-refractivity contribution >= 4 is 0 Å². The number of aliphatic hydroxyl groups is 4. The number of allylic oxidation sites excluding steroid dienone is 1. The SMILES string of the molecule is COC(O)c1ccc([C@H]2C[C@@]3(C)[C@@H](CC[C@@]3(O)CO)[C@@H]3CC[C@@]4(O)CC(OC)(OC)CCC4=C32)cc1. The summed E-state index contributed by atoms with van der Waals surface area (Å²) < 4.78 is 16.6. The third kappa shape index (κ3) is 3.74. The van der Waals surface area contributed by atoms with Crippen LogP contribution in [0.2, 0.25) is 0 Å². The molecule has 0 spiro atoms. The van der Waals surface area contributed by atoms with Crippen molar-refractivity contribution in [2.45, 2.75) is 87.5 Å². The molecule has 200 valence electrons. The molecule has 7 nitrogen and oxygen atoms in total.